The zero-order chi connectivity index (χ0) is 20.9. The molecule has 28 heavy (non-hydrogen) atoms. The second kappa shape index (κ2) is 8.33. The molecule has 12 heteroatoms. The van der Waals surface area contributed by atoms with E-state index in [9.17, 15) is 28.1 Å². The van der Waals surface area contributed by atoms with E-state index in [1.165, 1.54) is 13.1 Å². The molecule has 148 valence electrons. The van der Waals surface area contributed by atoms with Crippen LogP contribution in [-0.2, 0) is 10.9 Å². The molecule has 0 aliphatic heterocycles. The summed E-state index contributed by atoms with van der Waals surface area (Å²) in [5.74, 6) is -0.513. The molecule has 0 fully saturated rings. The largest absolute Gasteiger partial charge is 0.480 e. The maximum absolute atomic E-state index is 12.6. The summed E-state index contributed by atoms with van der Waals surface area (Å²) >= 11 is 0. The Labute approximate surface area is 156 Å². The molecule has 1 aromatic carbocycles. The molecule has 1 aromatic heterocycles. The molecule has 9 nitrogen and oxygen atoms in total. The number of halogens is 3. The third kappa shape index (κ3) is 4.93. The number of ether oxygens (including phenoxy) is 2. The average molecular weight is 398 g/mol. The lowest BCUT2D eigenvalue weighted by Crippen LogP contribution is -2.17. The van der Waals surface area contributed by atoms with E-state index in [-0.39, 0.29) is 23.1 Å². The maximum atomic E-state index is 12.6. The molecule has 0 saturated heterocycles. The van der Waals surface area contributed by atoms with Gasteiger partial charge in [-0.3, -0.25) is 10.1 Å². The van der Waals surface area contributed by atoms with Gasteiger partial charge in [-0.05, 0) is 12.1 Å². The summed E-state index contributed by atoms with van der Waals surface area (Å²) in [6.07, 6.45) is -3.95. The van der Waals surface area contributed by atoms with Gasteiger partial charge in [0.25, 0.3) is 5.69 Å². The Balaban J connectivity index is 2.40. The lowest BCUT2D eigenvalue weighted by Gasteiger charge is -2.10. The van der Waals surface area contributed by atoms with Crippen molar-refractivity contribution in [3.05, 3.63) is 57.8 Å². The van der Waals surface area contributed by atoms with E-state index in [1.54, 1.807) is 0 Å². The molecule has 0 saturated carbocycles. The van der Waals surface area contributed by atoms with Gasteiger partial charge in [-0.25, -0.2) is 9.78 Å². The van der Waals surface area contributed by atoms with Crippen LogP contribution in [0.4, 0.5) is 23.7 Å². The molecular formula is C16H13F3N4O5. The minimum atomic E-state index is -4.55. The Morgan fingerprint density at radius 2 is 2.00 bits per heavy atom. The first kappa shape index (κ1) is 20.6. The van der Waals surface area contributed by atoms with Crippen molar-refractivity contribution in [2.75, 3.05) is 14.2 Å². The number of aliphatic imine (C=N–C) groups is 1. The lowest BCUT2D eigenvalue weighted by molar-refractivity contribution is -0.385. The highest BCUT2D eigenvalue weighted by Gasteiger charge is 2.30. The van der Waals surface area contributed by atoms with Crippen LogP contribution in [0.25, 0.3) is 0 Å². The average Bonchev–Trinajstić information content (AvgIpc) is 2.65. The molecule has 1 heterocycles. The normalized spacial score (nSPS) is 11.7. The minimum absolute atomic E-state index is 0.00881. The number of aromatic nitrogens is 1. The first-order valence-corrected chi connectivity index (χ1v) is 7.50. The molecule has 2 aromatic rings. The number of benzene rings is 1. The summed E-state index contributed by atoms with van der Waals surface area (Å²) in [5, 5.41) is 13.4. The van der Waals surface area contributed by atoms with Gasteiger partial charge in [0.05, 0.1) is 17.6 Å². The fraction of sp³-hybridized carbons (Fsp3) is 0.188. The Hall–Kier alpha value is -3.70. The Bertz CT molecular complexity index is 913. The van der Waals surface area contributed by atoms with Gasteiger partial charge < -0.3 is 14.8 Å². The molecule has 0 bridgehead atoms. The number of nitrogens with one attached hydrogen (secondary N) is 1. The molecule has 0 aliphatic rings. The number of carbonyl (C=O) groups is 1. The fourth-order valence-corrected chi connectivity index (χ4v) is 2.00. The Morgan fingerprint density at radius 1 is 1.29 bits per heavy atom. The van der Waals surface area contributed by atoms with Crippen molar-refractivity contribution >= 4 is 17.6 Å². The van der Waals surface area contributed by atoms with Gasteiger partial charge >= 0.3 is 12.2 Å². The summed E-state index contributed by atoms with van der Waals surface area (Å²) < 4.78 is 48.0. The Morgan fingerprint density at radius 3 is 2.50 bits per heavy atom. The summed E-state index contributed by atoms with van der Waals surface area (Å²) in [5.41, 5.74) is -1.54. The molecule has 1 N–H and O–H groups in total. The number of methoxy groups -OCH3 is 1. The molecule has 0 unspecified atom stereocenters. The highest BCUT2D eigenvalue weighted by molar-refractivity contribution is 6.04. The topological polar surface area (TPSA) is 116 Å². The van der Waals surface area contributed by atoms with Gasteiger partial charge in [0.1, 0.15) is 11.3 Å². The number of carbonyl (C=O) groups excluding carboxylic acids is 1. The van der Waals surface area contributed by atoms with Crippen LogP contribution in [0, 0.1) is 10.1 Å². The summed E-state index contributed by atoms with van der Waals surface area (Å²) in [6, 6.07) is 4.42. The van der Waals surface area contributed by atoms with Crippen LogP contribution in [0.15, 0.2) is 41.5 Å². The molecule has 0 atom stereocenters. The van der Waals surface area contributed by atoms with Gasteiger partial charge in [-0.15, -0.1) is 0 Å². The molecule has 2 amide bonds. The van der Waals surface area contributed by atoms with Gasteiger partial charge in [0.2, 0.25) is 11.8 Å². The van der Waals surface area contributed by atoms with E-state index in [0.29, 0.717) is 6.20 Å². The molecule has 0 radical (unpaired) electrons. The van der Waals surface area contributed by atoms with Crippen molar-refractivity contribution in [3.8, 4) is 11.6 Å². The summed E-state index contributed by atoms with van der Waals surface area (Å²) in [6.45, 7) is 0. The van der Waals surface area contributed by atoms with Crippen LogP contribution < -0.4 is 10.1 Å². The third-order valence-corrected chi connectivity index (χ3v) is 3.29. The number of rotatable bonds is 4. The monoisotopic (exact) mass is 398 g/mol. The summed E-state index contributed by atoms with van der Waals surface area (Å²) in [4.78, 5) is 29.1. The van der Waals surface area contributed by atoms with E-state index in [0.717, 1.165) is 31.4 Å². The van der Waals surface area contributed by atoms with Crippen LogP contribution in [0.1, 0.15) is 11.1 Å². The van der Waals surface area contributed by atoms with Gasteiger partial charge in [0, 0.05) is 31.4 Å². The van der Waals surface area contributed by atoms with Crippen molar-refractivity contribution in [3.63, 3.8) is 0 Å². The molecule has 0 aliphatic carbocycles. The number of hydrogen-bond donors (Lipinski definition) is 1. The smallest absolute Gasteiger partial charge is 0.417 e. The number of amides is 2. The van der Waals surface area contributed by atoms with Crippen molar-refractivity contribution in [1.82, 2.24) is 10.3 Å². The number of hydrogen-bond acceptors (Lipinski definition) is 6. The predicted octanol–water partition coefficient (Wildman–Crippen LogP) is 3.53. The van der Waals surface area contributed by atoms with Gasteiger partial charge in [-0.2, -0.15) is 18.2 Å². The number of nitro benzene ring substituents is 1. The predicted molar refractivity (Wildman–Crippen MR) is 90.4 cm³/mol. The molecule has 0 spiro atoms. The maximum Gasteiger partial charge on any atom is 0.417 e. The van der Waals surface area contributed by atoms with Gasteiger partial charge in [-0.1, -0.05) is 0 Å². The number of alkyl halides is 3. The third-order valence-electron chi connectivity index (χ3n) is 3.29. The number of nitrogens with zero attached hydrogens (tertiary/aromatic N) is 3. The number of urea groups is 1. The van der Waals surface area contributed by atoms with E-state index >= 15 is 0 Å². The van der Waals surface area contributed by atoms with Crippen molar-refractivity contribution < 1.29 is 32.4 Å². The van der Waals surface area contributed by atoms with Crippen molar-refractivity contribution in [2.24, 2.45) is 4.99 Å². The van der Waals surface area contributed by atoms with Gasteiger partial charge in [0.15, 0.2) is 0 Å². The lowest BCUT2D eigenvalue weighted by atomic mass is 10.1. The van der Waals surface area contributed by atoms with E-state index in [2.05, 4.69) is 15.3 Å². The zero-order valence-electron chi connectivity index (χ0n) is 14.5. The second-order valence-corrected chi connectivity index (χ2v) is 5.10. The van der Waals surface area contributed by atoms with Crippen LogP contribution in [0.3, 0.4) is 0 Å². The summed E-state index contributed by atoms with van der Waals surface area (Å²) in [7, 11) is 2.47. The number of pyridine rings is 1. The van der Waals surface area contributed by atoms with E-state index < -0.39 is 28.4 Å². The highest BCUT2D eigenvalue weighted by Crippen LogP contribution is 2.31. The molecular weight excluding hydrogens is 385 g/mol. The SMILES string of the molecule is CNC(=O)N=C(OC)c1cc(Oc2ccc(C(F)(F)F)cn2)ccc1[N+](=O)[O-]. The van der Waals surface area contributed by atoms with Crippen LogP contribution in [-0.4, -0.2) is 36.0 Å². The van der Waals surface area contributed by atoms with Crippen molar-refractivity contribution in [1.29, 1.82) is 0 Å². The van der Waals surface area contributed by atoms with Crippen molar-refractivity contribution in [2.45, 2.75) is 6.18 Å². The highest BCUT2D eigenvalue weighted by atomic mass is 19.4. The van der Waals surface area contributed by atoms with Crippen LogP contribution in [0.5, 0.6) is 11.6 Å². The second-order valence-electron chi connectivity index (χ2n) is 5.10. The fourth-order valence-electron chi connectivity index (χ4n) is 2.00. The Kier molecular flexibility index (Phi) is 6.13. The number of nitro groups is 1. The standard InChI is InChI=1S/C16H13F3N4O5/c1-20-15(24)22-14(27-2)11-7-10(4-5-12(11)23(25)26)28-13-6-3-9(8-21-13)16(17,18)19/h3-8H,1-2H3,(H,20,24). The van der Waals surface area contributed by atoms with E-state index in [1.807, 2.05) is 0 Å². The minimum Gasteiger partial charge on any atom is -0.480 e. The van der Waals surface area contributed by atoms with Crippen LogP contribution >= 0.6 is 0 Å². The quantitative estimate of drug-likeness (QED) is 0.365. The molecule has 2 rings (SSSR count). The zero-order valence-corrected chi connectivity index (χ0v) is 14.5. The first-order valence-electron chi connectivity index (χ1n) is 7.50. The first-order chi connectivity index (χ1) is 13.2. The van der Waals surface area contributed by atoms with E-state index in [4.69, 9.17) is 9.47 Å². The van der Waals surface area contributed by atoms with Crippen LogP contribution in [0.2, 0.25) is 0 Å².